The fourth-order valence-corrected chi connectivity index (χ4v) is 2.17. The zero-order valence-electron chi connectivity index (χ0n) is 11.9. The molecule has 0 heterocycles. The molecule has 0 bridgehead atoms. The van der Waals surface area contributed by atoms with Gasteiger partial charge in [-0.15, -0.1) is 0 Å². The molecular weight excluding hydrogens is 306 g/mol. The predicted octanol–water partition coefficient (Wildman–Crippen LogP) is 3.31. The van der Waals surface area contributed by atoms with E-state index in [9.17, 15) is 0 Å². The van der Waals surface area contributed by atoms with Crippen LogP contribution >= 0.6 is 15.9 Å². The molecule has 0 radical (unpaired) electrons. The van der Waals surface area contributed by atoms with Crippen LogP contribution in [0.2, 0.25) is 0 Å². The first-order chi connectivity index (χ1) is 9.00. The van der Waals surface area contributed by atoms with Gasteiger partial charge >= 0.3 is 0 Å². The second kappa shape index (κ2) is 8.56. The minimum atomic E-state index is -0.292. The fraction of sp³-hybridized carbons (Fsp3) is 0.600. The number of aliphatic hydroxyl groups excluding tert-OH is 1. The summed E-state index contributed by atoms with van der Waals surface area (Å²) < 4.78 is 6.92. The molecule has 0 amide bonds. The van der Waals surface area contributed by atoms with Gasteiger partial charge in [-0.05, 0) is 49.6 Å². The first-order valence-corrected chi connectivity index (χ1v) is 7.61. The second-order valence-electron chi connectivity index (χ2n) is 5.09. The number of rotatable bonds is 8. The number of hydrogen-bond donors (Lipinski definition) is 2. The van der Waals surface area contributed by atoms with Crippen LogP contribution in [0.1, 0.15) is 38.7 Å². The maximum atomic E-state index is 9.11. The third-order valence-electron chi connectivity index (χ3n) is 2.79. The monoisotopic (exact) mass is 329 g/mol. The van der Waals surface area contributed by atoms with Crippen molar-refractivity contribution in [1.82, 2.24) is 5.32 Å². The van der Waals surface area contributed by atoms with Gasteiger partial charge in [0, 0.05) is 11.0 Å². The van der Waals surface area contributed by atoms with Crippen molar-refractivity contribution in [2.45, 2.75) is 39.2 Å². The Kier molecular flexibility index (Phi) is 7.42. The van der Waals surface area contributed by atoms with Crippen molar-refractivity contribution in [3.63, 3.8) is 0 Å². The van der Waals surface area contributed by atoms with Gasteiger partial charge in [-0.2, -0.15) is 0 Å². The van der Waals surface area contributed by atoms with Crippen LogP contribution in [0, 0.1) is 0 Å². The zero-order valence-corrected chi connectivity index (χ0v) is 13.5. The van der Waals surface area contributed by atoms with Crippen LogP contribution in [0.25, 0.3) is 0 Å². The standard InChI is InChI=1S/C15H24BrNO2/c1-11(2)14-9-13(16)5-6-15(14)19-8-4-7-17-10-12(3)18/h5-6,9,11-12,17-18H,4,7-8,10H2,1-3H3/t12-/m0/s1. The third kappa shape index (κ3) is 6.41. The van der Waals surface area contributed by atoms with Gasteiger partial charge in [-0.1, -0.05) is 29.8 Å². The Morgan fingerprint density at radius 3 is 2.68 bits per heavy atom. The lowest BCUT2D eigenvalue weighted by molar-refractivity contribution is 0.190. The normalized spacial score (nSPS) is 12.7. The highest BCUT2D eigenvalue weighted by Gasteiger charge is 2.08. The van der Waals surface area contributed by atoms with E-state index < -0.39 is 0 Å². The molecule has 0 aliphatic rings. The molecule has 108 valence electrons. The number of aliphatic hydroxyl groups is 1. The minimum Gasteiger partial charge on any atom is -0.493 e. The van der Waals surface area contributed by atoms with Crippen LogP contribution < -0.4 is 10.1 Å². The first-order valence-electron chi connectivity index (χ1n) is 6.81. The van der Waals surface area contributed by atoms with E-state index in [-0.39, 0.29) is 6.10 Å². The van der Waals surface area contributed by atoms with Crippen LogP contribution in [-0.4, -0.2) is 30.9 Å². The maximum Gasteiger partial charge on any atom is 0.122 e. The molecule has 0 fully saturated rings. The van der Waals surface area contributed by atoms with E-state index in [1.54, 1.807) is 6.92 Å². The van der Waals surface area contributed by atoms with E-state index in [0.29, 0.717) is 19.1 Å². The lowest BCUT2D eigenvalue weighted by atomic mass is 10.0. The van der Waals surface area contributed by atoms with Crippen LogP contribution in [0.4, 0.5) is 0 Å². The number of benzene rings is 1. The maximum absolute atomic E-state index is 9.11. The topological polar surface area (TPSA) is 41.5 Å². The Hall–Kier alpha value is -0.580. The van der Waals surface area contributed by atoms with Gasteiger partial charge < -0.3 is 15.2 Å². The van der Waals surface area contributed by atoms with E-state index in [2.05, 4.69) is 41.2 Å². The van der Waals surface area contributed by atoms with E-state index in [1.165, 1.54) is 5.56 Å². The number of hydrogen-bond acceptors (Lipinski definition) is 3. The lowest BCUT2D eigenvalue weighted by Crippen LogP contribution is -2.26. The molecule has 1 aromatic rings. The van der Waals surface area contributed by atoms with Gasteiger partial charge in [0.2, 0.25) is 0 Å². The quantitative estimate of drug-likeness (QED) is 0.719. The van der Waals surface area contributed by atoms with Crippen molar-refractivity contribution in [3.8, 4) is 5.75 Å². The molecule has 0 aromatic heterocycles. The van der Waals surface area contributed by atoms with Gasteiger partial charge in [0.25, 0.3) is 0 Å². The summed E-state index contributed by atoms with van der Waals surface area (Å²) in [4.78, 5) is 0. The Labute approximate surface area is 124 Å². The predicted molar refractivity (Wildman–Crippen MR) is 82.9 cm³/mol. The molecule has 0 unspecified atom stereocenters. The molecule has 0 spiro atoms. The molecule has 2 N–H and O–H groups in total. The Balaban J connectivity index is 2.37. The van der Waals surface area contributed by atoms with Crippen molar-refractivity contribution < 1.29 is 9.84 Å². The number of halogens is 1. The highest BCUT2D eigenvalue weighted by molar-refractivity contribution is 9.10. The van der Waals surface area contributed by atoms with Gasteiger partial charge in [0.1, 0.15) is 5.75 Å². The third-order valence-corrected chi connectivity index (χ3v) is 3.28. The average Bonchev–Trinajstić information content (AvgIpc) is 2.34. The molecule has 0 aliphatic carbocycles. The van der Waals surface area contributed by atoms with E-state index in [1.807, 2.05) is 12.1 Å². The van der Waals surface area contributed by atoms with Crippen LogP contribution in [0.3, 0.4) is 0 Å². The molecule has 0 saturated heterocycles. The molecule has 1 atom stereocenters. The summed E-state index contributed by atoms with van der Waals surface area (Å²) in [7, 11) is 0. The van der Waals surface area contributed by atoms with Crippen molar-refractivity contribution in [3.05, 3.63) is 28.2 Å². The Bertz CT molecular complexity index is 380. The fourth-order valence-electron chi connectivity index (χ4n) is 1.79. The molecule has 1 aromatic carbocycles. The van der Waals surface area contributed by atoms with Gasteiger partial charge in [0.05, 0.1) is 12.7 Å². The van der Waals surface area contributed by atoms with Crippen molar-refractivity contribution in [2.75, 3.05) is 19.7 Å². The molecule has 3 nitrogen and oxygen atoms in total. The van der Waals surface area contributed by atoms with Crippen LogP contribution in [0.5, 0.6) is 5.75 Å². The molecule has 0 aliphatic heterocycles. The average molecular weight is 330 g/mol. The molecular formula is C15H24BrNO2. The summed E-state index contributed by atoms with van der Waals surface area (Å²) in [5.41, 5.74) is 1.23. The summed E-state index contributed by atoms with van der Waals surface area (Å²) >= 11 is 3.49. The number of ether oxygens (including phenoxy) is 1. The smallest absolute Gasteiger partial charge is 0.122 e. The van der Waals surface area contributed by atoms with Crippen molar-refractivity contribution in [1.29, 1.82) is 0 Å². The number of nitrogens with one attached hydrogen (secondary N) is 1. The molecule has 0 saturated carbocycles. The lowest BCUT2D eigenvalue weighted by Gasteiger charge is -2.14. The van der Waals surface area contributed by atoms with Gasteiger partial charge in [-0.3, -0.25) is 0 Å². The summed E-state index contributed by atoms with van der Waals surface area (Å²) in [5, 5.41) is 12.3. The largest absolute Gasteiger partial charge is 0.493 e. The molecule has 4 heteroatoms. The van der Waals surface area contributed by atoms with E-state index >= 15 is 0 Å². The van der Waals surface area contributed by atoms with Crippen molar-refractivity contribution in [2.24, 2.45) is 0 Å². The van der Waals surface area contributed by atoms with Gasteiger partial charge in [0.15, 0.2) is 0 Å². The first kappa shape index (κ1) is 16.5. The Morgan fingerprint density at radius 2 is 2.05 bits per heavy atom. The van der Waals surface area contributed by atoms with Crippen molar-refractivity contribution >= 4 is 15.9 Å². The minimum absolute atomic E-state index is 0.292. The van der Waals surface area contributed by atoms with E-state index in [0.717, 1.165) is 23.2 Å². The SMILES string of the molecule is CC(C)c1cc(Br)ccc1OCCCNC[C@H](C)O. The summed E-state index contributed by atoms with van der Waals surface area (Å²) in [6.45, 7) is 8.29. The molecule has 19 heavy (non-hydrogen) atoms. The summed E-state index contributed by atoms with van der Waals surface area (Å²) in [6.07, 6.45) is 0.639. The molecule has 1 rings (SSSR count). The Morgan fingerprint density at radius 1 is 1.32 bits per heavy atom. The summed E-state index contributed by atoms with van der Waals surface area (Å²) in [6, 6.07) is 6.14. The summed E-state index contributed by atoms with van der Waals surface area (Å²) in [5.74, 6) is 1.41. The van der Waals surface area contributed by atoms with Crippen LogP contribution in [-0.2, 0) is 0 Å². The highest BCUT2D eigenvalue weighted by atomic mass is 79.9. The van der Waals surface area contributed by atoms with Crippen LogP contribution in [0.15, 0.2) is 22.7 Å². The zero-order chi connectivity index (χ0) is 14.3. The highest BCUT2D eigenvalue weighted by Crippen LogP contribution is 2.29. The van der Waals surface area contributed by atoms with E-state index in [4.69, 9.17) is 9.84 Å². The second-order valence-corrected chi connectivity index (χ2v) is 6.01. The van der Waals surface area contributed by atoms with Gasteiger partial charge in [-0.25, -0.2) is 0 Å².